The van der Waals surface area contributed by atoms with Crippen molar-refractivity contribution in [2.45, 2.75) is 9.79 Å². The first-order valence-electron chi connectivity index (χ1n) is 8.38. The van der Waals surface area contributed by atoms with Gasteiger partial charge in [0.15, 0.2) is 0 Å². The molecule has 1 aromatic heterocycles. The van der Waals surface area contributed by atoms with E-state index in [1.165, 1.54) is 42.6 Å². The summed E-state index contributed by atoms with van der Waals surface area (Å²) < 4.78 is 45.9. The molecule has 0 atom stereocenters. The van der Waals surface area contributed by atoms with Gasteiger partial charge >= 0.3 is 0 Å². The Hall–Kier alpha value is -2.22. The number of sulfone groups is 1. The predicted octanol–water partition coefficient (Wildman–Crippen LogP) is 3.70. The van der Waals surface area contributed by atoms with Crippen molar-refractivity contribution >= 4 is 38.0 Å². The molecule has 1 fully saturated rings. The maximum atomic E-state index is 13.9. The number of pyridine rings is 1. The lowest BCUT2D eigenvalue weighted by Crippen LogP contribution is -2.37. The molecule has 140 valence electrons. The molecule has 0 radical (unpaired) electrons. The smallest absolute Gasteiger partial charge is 0.210 e. The number of hydrogen-bond acceptors (Lipinski definition) is 5. The molecule has 1 aliphatic heterocycles. The van der Waals surface area contributed by atoms with Crippen LogP contribution in [0.4, 0.5) is 10.1 Å². The Morgan fingerprint density at radius 1 is 1.07 bits per heavy atom. The molecule has 8 heteroatoms. The van der Waals surface area contributed by atoms with Crippen LogP contribution in [0.25, 0.3) is 10.9 Å². The van der Waals surface area contributed by atoms with Crippen LogP contribution in [0.15, 0.2) is 58.5 Å². The quantitative estimate of drug-likeness (QED) is 0.663. The van der Waals surface area contributed by atoms with E-state index in [2.05, 4.69) is 4.98 Å². The van der Waals surface area contributed by atoms with Crippen molar-refractivity contribution in [3.8, 4) is 0 Å². The monoisotopic (exact) mass is 406 g/mol. The minimum Gasteiger partial charge on any atom is -0.378 e. The van der Waals surface area contributed by atoms with Crippen LogP contribution in [-0.2, 0) is 14.6 Å². The molecule has 4 rings (SSSR count). The molecular weight excluding hydrogens is 391 g/mol. The van der Waals surface area contributed by atoms with Crippen molar-refractivity contribution in [3.05, 3.63) is 59.5 Å². The number of fused-ring (bicyclic) bond motifs is 1. The van der Waals surface area contributed by atoms with Gasteiger partial charge in [-0.05, 0) is 42.5 Å². The van der Waals surface area contributed by atoms with Gasteiger partial charge in [0.2, 0.25) is 9.84 Å². The van der Waals surface area contributed by atoms with Crippen molar-refractivity contribution in [1.29, 1.82) is 0 Å². The van der Waals surface area contributed by atoms with Gasteiger partial charge in [-0.3, -0.25) is 4.98 Å². The predicted molar refractivity (Wildman–Crippen MR) is 102 cm³/mol. The molecular formula is C19H16ClFN2O3S. The summed E-state index contributed by atoms with van der Waals surface area (Å²) in [6.45, 7) is 1.97. The molecule has 0 saturated carbocycles. The van der Waals surface area contributed by atoms with Crippen LogP contribution in [0, 0.1) is 5.82 Å². The van der Waals surface area contributed by atoms with Gasteiger partial charge in [-0.25, -0.2) is 12.8 Å². The molecule has 0 unspecified atom stereocenters. The number of halogens is 2. The third-order valence-electron chi connectivity index (χ3n) is 4.51. The van der Waals surface area contributed by atoms with Gasteiger partial charge < -0.3 is 9.64 Å². The zero-order chi connectivity index (χ0) is 19.0. The number of nitrogens with zero attached hydrogens (tertiary/aromatic N) is 2. The Morgan fingerprint density at radius 3 is 2.48 bits per heavy atom. The fraction of sp³-hybridized carbons (Fsp3) is 0.211. The first-order chi connectivity index (χ1) is 13.0. The lowest BCUT2D eigenvalue weighted by atomic mass is 10.1. The van der Waals surface area contributed by atoms with E-state index >= 15 is 0 Å². The minimum atomic E-state index is -3.87. The Kier molecular flexibility index (Phi) is 4.75. The average Bonchev–Trinajstić information content (AvgIpc) is 2.68. The Bertz CT molecular complexity index is 1100. The first kappa shape index (κ1) is 18.2. The summed E-state index contributed by atoms with van der Waals surface area (Å²) in [5, 5.41) is 0.910. The molecule has 3 aromatic rings. The third kappa shape index (κ3) is 3.38. The Morgan fingerprint density at radius 2 is 1.78 bits per heavy atom. The number of aromatic nitrogens is 1. The topological polar surface area (TPSA) is 59.5 Å². The molecule has 1 saturated heterocycles. The molecule has 0 bridgehead atoms. The number of anilines is 1. The van der Waals surface area contributed by atoms with Gasteiger partial charge in [-0.15, -0.1) is 0 Å². The fourth-order valence-electron chi connectivity index (χ4n) is 3.18. The molecule has 27 heavy (non-hydrogen) atoms. The van der Waals surface area contributed by atoms with Crippen LogP contribution in [0.2, 0.25) is 5.02 Å². The lowest BCUT2D eigenvalue weighted by Gasteiger charge is -2.31. The number of hydrogen-bond donors (Lipinski definition) is 0. The lowest BCUT2D eigenvalue weighted by molar-refractivity contribution is 0.122. The second-order valence-corrected chi connectivity index (χ2v) is 8.54. The van der Waals surface area contributed by atoms with Crippen molar-refractivity contribution < 1.29 is 17.5 Å². The number of morpholine rings is 1. The van der Waals surface area contributed by atoms with Crippen molar-refractivity contribution in [2.24, 2.45) is 0 Å². The van der Waals surface area contributed by atoms with Crippen molar-refractivity contribution in [2.75, 3.05) is 31.2 Å². The summed E-state index contributed by atoms with van der Waals surface area (Å²) in [6.07, 6.45) is 1.34. The van der Waals surface area contributed by atoms with E-state index < -0.39 is 15.7 Å². The van der Waals surface area contributed by atoms with Crippen LogP contribution in [0.3, 0.4) is 0 Å². The molecule has 1 aliphatic rings. The normalized spacial score (nSPS) is 15.3. The van der Waals surface area contributed by atoms with Gasteiger partial charge in [0.25, 0.3) is 0 Å². The Labute approximate surface area is 161 Å². The van der Waals surface area contributed by atoms with E-state index in [4.69, 9.17) is 16.3 Å². The average molecular weight is 407 g/mol. The van der Waals surface area contributed by atoms with Crippen LogP contribution in [0.5, 0.6) is 0 Å². The second-order valence-electron chi connectivity index (χ2n) is 6.19. The Balaban J connectivity index is 1.98. The van der Waals surface area contributed by atoms with E-state index in [0.29, 0.717) is 47.9 Å². The van der Waals surface area contributed by atoms with Crippen LogP contribution >= 0.6 is 11.6 Å². The van der Waals surface area contributed by atoms with Crippen LogP contribution in [0.1, 0.15) is 0 Å². The fourth-order valence-corrected chi connectivity index (χ4v) is 4.74. The van der Waals surface area contributed by atoms with Gasteiger partial charge in [0.1, 0.15) is 10.7 Å². The maximum Gasteiger partial charge on any atom is 0.210 e. The van der Waals surface area contributed by atoms with Gasteiger partial charge in [0, 0.05) is 29.7 Å². The van der Waals surface area contributed by atoms with Crippen molar-refractivity contribution in [3.63, 3.8) is 0 Å². The molecule has 0 N–H and O–H groups in total. The highest BCUT2D eigenvalue weighted by Gasteiger charge is 2.28. The minimum absolute atomic E-state index is 0.0461. The second kappa shape index (κ2) is 7.07. The van der Waals surface area contributed by atoms with Gasteiger partial charge in [0.05, 0.1) is 29.3 Å². The molecule has 0 aliphatic carbocycles. The number of rotatable bonds is 3. The standard InChI is InChI=1S/C19H16ClFN2O3S/c20-13-1-4-15(5-2-13)27(24,25)18-12-22-17-6-3-14(21)11-16(17)19(18)23-7-9-26-10-8-23/h1-6,11-12H,7-10H2. The van der Waals surface area contributed by atoms with Crippen LogP contribution in [-0.4, -0.2) is 39.7 Å². The van der Waals surface area contributed by atoms with E-state index in [0.717, 1.165) is 0 Å². The molecule has 2 aromatic carbocycles. The van der Waals surface area contributed by atoms with Crippen LogP contribution < -0.4 is 4.90 Å². The zero-order valence-electron chi connectivity index (χ0n) is 14.2. The largest absolute Gasteiger partial charge is 0.378 e. The summed E-state index contributed by atoms with van der Waals surface area (Å²) in [7, 11) is -3.87. The SMILES string of the molecule is O=S(=O)(c1ccc(Cl)cc1)c1cnc2ccc(F)cc2c1N1CCOCC1. The summed E-state index contributed by atoms with van der Waals surface area (Å²) in [5.74, 6) is -0.445. The third-order valence-corrected chi connectivity index (χ3v) is 6.53. The summed E-state index contributed by atoms with van der Waals surface area (Å²) in [6, 6.07) is 10.1. The van der Waals surface area contributed by atoms with E-state index in [-0.39, 0.29) is 9.79 Å². The molecule has 5 nitrogen and oxygen atoms in total. The van der Waals surface area contributed by atoms with Crippen molar-refractivity contribution in [1.82, 2.24) is 4.98 Å². The van der Waals surface area contributed by atoms with Gasteiger partial charge in [-0.2, -0.15) is 0 Å². The first-order valence-corrected chi connectivity index (χ1v) is 10.2. The number of benzene rings is 2. The summed E-state index contributed by atoms with van der Waals surface area (Å²) >= 11 is 5.89. The molecule has 0 spiro atoms. The number of ether oxygens (including phenoxy) is 1. The summed E-state index contributed by atoms with van der Waals surface area (Å²) in [4.78, 5) is 6.33. The highest BCUT2D eigenvalue weighted by atomic mass is 35.5. The van der Waals surface area contributed by atoms with Gasteiger partial charge in [-0.1, -0.05) is 11.6 Å². The van der Waals surface area contributed by atoms with E-state index in [1.807, 2.05) is 4.90 Å². The summed E-state index contributed by atoms with van der Waals surface area (Å²) in [5.41, 5.74) is 0.991. The molecule has 0 amide bonds. The van der Waals surface area contributed by atoms with E-state index in [1.54, 1.807) is 6.07 Å². The molecule has 2 heterocycles. The highest BCUT2D eigenvalue weighted by Crippen LogP contribution is 2.36. The highest BCUT2D eigenvalue weighted by molar-refractivity contribution is 7.91. The maximum absolute atomic E-state index is 13.9. The zero-order valence-corrected chi connectivity index (χ0v) is 15.8. The van der Waals surface area contributed by atoms with E-state index in [9.17, 15) is 12.8 Å².